The molecule has 0 saturated carbocycles. The van der Waals surface area contributed by atoms with Crippen LogP contribution in [0.3, 0.4) is 0 Å². The van der Waals surface area contributed by atoms with Gasteiger partial charge in [0, 0.05) is 12.4 Å². The third kappa shape index (κ3) is 4.17. The average Bonchev–Trinajstić information content (AvgIpc) is 2.48. The Bertz CT molecular complexity index is 733. The molecule has 0 unspecified atom stereocenters. The molecule has 3 nitrogen and oxygen atoms in total. The molecule has 2 aromatic rings. The number of sulfonamides is 1. The van der Waals surface area contributed by atoms with Crippen LogP contribution in [0.2, 0.25) is 5.02 Å². The third-order valence-corrected chi connectivity index (χ3v) is 5.02. The van der Waals surface area contributed by atoms with Crippen LogP contribution >= 0.6 is 23.2 Å². The van der Waals surface area contributed by atoms with E-state index in [1.807, 2.05) is 12.1 Å². The van der Waals surface area contributed by atoms with Crippen molar-refractivity contribution in [2.24, 2.45) is 0 Å². The Hall–Kier alpha value is -1.14. The lowest BCUT2D eigenvalue weighted by molar-refractivity contribution is 0.577. The lowest BCUT2D eigenvalue weighted by Gasteiger charge is -2.09. The van der Waals surface area contributed by atoms with Crippen molar-refractivity contribution in [1.29, 1.82) is 0 Å². The molecule has 0 aliphatic heterocycles. The molecule has 21 heavy (non-hydrogen) atoms. The summed E-state index contributed by atoms with van der Waals surface area (Å²) < 4.78 is 39.8. The number of rotatable bonds is 5. The van der Waals surface area contributed by atoms with Crippen LogP contribution in [-0.2, 0) is 22.4 Å². The maximum absolute atomic E-state index is 13.2. The zero-order chi connectivity index (χ0) is 15.5. The van der Waals surface area contributed by atoms with Gasteiger partial charge in [0.15, 0.2) is 0 Å². The maximum Gasteiger partial charge on any atom is 0.242 e. The summed E-state index contributed by atoms with van der Waals surface area (Å²) in [5, 5.41) is -0.0265. The zero-order valence-electron chi connectivity index (χ0n) is 10.8. The van der Waals surface area contributed by atoms with Crippen LogP contribution in [0.4, 0.5) is 4.39 Å². The Labute approximate surface area is 132 Å². The van der Waals surface area contributed by atoms with Crippen molar-refractivity contribution in [3.8, 4) is 0 Å². The SMILES string of the molecule is O=S(=O)(NCc1ccc(CCl)cc1)c1cc(F)ccc1Cl. The monoisotopic (exact) mass is 347 g/mol. The molecule has 0 aliphatic rings. The molecule has 2 aromatic carbocycles. The summed E-state index contributed by atoms with van der Waals surface area (Å²) in [6.07, 6.45) is 0. The van der Waals surface area contributed by atoms with Gasteiger partial charge in [0.2, 0.25) is 10.0 Å². The molecule has 0 aliphatic carbocycles. The van der Waals surface area contributed by atoms with Crippen molar-refractivity contribution < 1.29 is 12.8 Å². The van der Waals surface area contributed by atoms with E-state index in [2.05, 4.69) is 4.72 Å². The van der Waals surface area contributed by atoms with E-state index in [4.69, 9.17) is 23.2 Å². The molecular formula is C14H12Cl2FNO2S. The molecule has 112 valence electrons. The quantitative estimate of drug-likeness (QED) is 0.838. The van der Waals surface area contributed by atoms with Gasteiger partial charge in [-0.25, -0.2) is 17.5 Å². The minimum Gasteiger partial charge on any atom is -0.207 e. The number of benzene rings is 2. The Morgan fingerprint density at radius 1 is 1.05 bits per heavy atom. The first-order chi connectivity index (χ1) is 9.92. The van der Waals surface area contributed by atoms with Crippen LogP contribution in [0.1, 0.15) is 11.1 Å². The molecule has 0 heterocycles. The van der Waals surface area contributed by atoms with E-state index < -0.39 is 15.8 Å². The standard InChI is InChI=1S/C14H12Cl2FNO2S/c15-8-10-1-3-11(4-2-10)9-18-21(19,20)14-7-12(17)5-6-13(14)16/h1-7,18H,8-9H2. The Balaban J connectivity index is 2.15. The van der Waals surface area contributed by atoms with Crippen LogP contribution in [0.5, 0.6) is 0 Å². The van der Waals surface area contributed by atoms with Gasteiger partial charge < -0.3 is 0 Å². The highest BCUT2D eigenvalue weighted by Gasteiger charge is 2.18. The van der Waals surface area contributed by atoms with Crippen molar-refractivity contribution in [1.82, 2.24) is 4.72 Å². The molecule has 0 saturated heterocycles. The summed E-state index contributed by atoms with van der Waals surface area (Å²) >= 11 is 11.5. The summed E-state index contributed by atoms with van der Waals surface area (Å²) in [5.41, 5.74) is 1.71. The van der Waals surface area contributed by atoms with E-state index in [-0.39, 0.29) is 16.5 Å². The van der Waals surface area contributed by atoms with Crippen LogP contribution in [0.25, 0.3) is 0 Å². The predicted octanol–water partition coefficient (Wildman–Crippen LogP) is 3.70. The first-order valence-electron chi connectivity index (χ1n) is 6.01. The number of hydrogen-bond donors (Lipinski definition) is 1. The molecule has 0 bridgehead atoms. The fraction of sp³-hybridized carbons (Fsp3) is 0.143. The van der Waals surface area contributed by atoms with Crippen molar-refractivity contribution in [2.75, 3.05) is 0 Å². The van der Waals surface area contributed by atoms with Gasteiger partial charge in [-0.1, -0.05) is 35.9 Å². The van der Waals surface area contributed by atoms with Crippen molar-refractivity contribution >= 4 is 33.2 Å². The van der Waals surface area contributed by atoms with Crippen LogP contribution < -0.4 is 4.72 Å². The molecule has 2 rings (SSSR count). The number of halogens is 3. The topological polar surface area (TPSA) is 46.2 Å². The maximum atomic E-state index is 13.2. The molecular weight excluding hydrogens is 336 g/mol. The average molecular weight is 348 g/mol. The first kappa shape index (κ1) is 16.2. The van der Waals surface area contributed by atoms with Gasteiger partial charge >= 0.3 is 0 Å². The minimum atomic E-state index is -3.88. The molecule has 7 heteroatoms. The van der Waals surface area contributed by atoms with Crippen LogP contribution in [-0.4, -0.2) is 8.42 Å². The normalized spacial score (nSPS) is 11.6. The largest absolute Gasteiger partial charge is 0.242 e. The van der Waals surface area contributed by atoms with Gasteiger partial charge in [0.05, 0.1) is 5.02 Å². The van der Waals surface area contributed by atoms with Gasteiger partial charge in [0.1, 0.15) is 10.7 Å². The van der Waals surface area contributed by atoms with E-state index in [0.717, 1.165) is 23.3 Å². The van der Waals surface area contributed by atoms with E-state index >= 15 is 0 Å². The van der Waals surface area contributed by atoms with E-state index in [9.17, 15) is 12.8 Å². The predicted molar refractivity (Wildman–Crippen MR) is 81.4 cm³/mol. The fourth-order valence-corrected chi connectivity index (χ4v) is 3.39. The van der Waals surface area contributed by atoms with Gasteiger partial charge in [-0.2, -0.15) is 0 Å². The lowest BCUT2D eigenvalue weighted by atomic mass is 10.1. The lowest BCUT2D eigenvalue weighted by Crippen LogP contribution is -2.23. The van der Waals surface area contributed by atoms with Crippen molar-refractivity contribution in [2.45, 2.75) is 17.3 Å². The van der Waals surface area contributed by atoms with Gasteiger partial charge in [-0.15, -0.1) is 11.6 Å². The smallest absolute Gasteiger partial charge is 0.207 e. The minimum absolute atomic E-state index is 0.0265. The molecule has 0 spiro atoms. The highest BCUT2D eigenvalue weighted by molar-refractivity contribution is 7.89. The molecule has 0 aromatic heterocycles. The van der Waals surface area contributed by atoms with Crippen molar-refractivity contribution in [3.63, 3.8) is 0 Å². The molecule has 0 radical (unpaired) electrons. The van der Waals surface area contributed by atoms with E-state index in [0.29, 0.717) is 5.88 Å². The molecule has 1 N–H and O–H groups in total. The molecule has 0 amide bonds. The molecule has 0 atom stereocenters. The Kier molecular flexibility index (Phi) is 5.22. The second-order valence-corrected chi connectivity index (χ2v) is 6.76. The van der Waals surface area contributed by atoms with Crippen LogP contribution in [0, 0.1) is 5.82 Å². The van der Waals surface area contributed by atoms with Gasteiger partial charge in [-0.05, 0) is 29.3 Å². The Morgan fingerprint density at radius 2 is 1.67 bits per heavy atom. The highest BCUT2D eigenvalue weighted by Crippen LogP contribution is 2.22. The highest BCUT2D eigenvalue weighted by atomic mass is 35.5. The second kappa shape index (κ2) is 6.75. The fourth-order valence-electron chi connectivity index (χ4n) is 1.69. The summed E-state index contributed by atoms with van der Waals surface area (Å²) in [6, 6.07) is 10.4. The summed E-state index contributed by atoms with van der Waals surface area (Å²) in [5.74, 6) is -0.267. The first-order valence-corrected chi connectivity index (χ1v) is 8.40. The van der Waals surface area contributed by atoms with Gasteiger partial charge in [-0.3, -0.25) is 0 Å². The van der Waals surface area contributed by atoms with Crippen LogP contribution in [0.15, 0.2) is 47.4 Å². The molecule has 0 fully saturated rings. The van der Waals surface area contributed by atoms with E-state index in [1.54, 1.807) is 12.1 Å². The summed E-state index contributed by atoms with van der Waals surface area (Å²) in [4.78, 5) is -0.276. The number of nitrogens with one attached hydrogen (secondary N) is 1. The van der Waals surface area contributed by atoms with Crippen molar-refractivity contribution in [3.05, 3.63) is 64.4 Å². The van der Waals surface area contributed by atoms with E-state index in [1.165, 1.54) is 6.07 Å². The number of hydrogen-bond acceptors (Lipinski definition) is 2. The summed E-state index contributed by atoms with van der Waals surface area (Å²) in [7, 11) is -3.88. The Morgan fingerprint density at radius 3 is 2.29 bits per heavy atom. The summed E-state index contributed by atoms with van der Waals surface area (Å²) in [6.45, 7) is 0.0811. The third-order valence-electron chi connectivity index (χ3n) is 2.83. The number of alkyl halides is 1. The second-order valence-electron chi connectivity index (χ2n) is 4.35. The van der Waals surface area contributed by atoms with Gasteiger partial charge in [0.25, 0.3) is 0 Å². The zero-order valence-corrected chi connectivity index (χ0v) is 13.1.